The van der Waals surface area contributed by atoms with Gasteiger partial charge < -0.3 is 14.7 Å². The fourth-order valence-corrected chi connectivity index (χ4v) is 3.06. The molecule has 0 aliphatic carbocycles. The Labute approximate surface area is 116 Å². The van der Waals surface area contributed by atoms with Crippen LogP contribution >= 0.6 is 11.3 Å². The number of fused-ring (bicyclic) bond motifs is 1. The predicted octanol–water partition coefficient (Wildman–Crippen LogP) is 1.24. The highest BCUT2D eigenvalue weighted by Gasteiger charge is 2.18. The van der Waals surface area contributed by atoms with Crippen molar-refractivity contribution in [2.75, 3.05) is 0 Å². The molecule has 0 aliphatic heterocycles. The topological polar surface area (TPSA) is 101 Å². The van der Waals surface area contributed by atoms with E-state index in [0.29, 0.717) is 28.1 Å². The minimum absolute atomic E-state index is 0.151. The first kappa shape index (κ1) is 12.5. The van der Waals surface area contributed by atoms with Crippen LogP contribution in [0.3, 0.4) is 0 Å². The Hall–Kier alpha value is -2.48. The van der Waals surface area contributed by atoms with Crippen molar-refractivity contribution in [1.82, 2.24) is 19.5 Å². The molecular weight excluding hydrogens is 280 g/mol. The van der Waals surface area contributed by atoms with Crippen molar-refractivity contribution in [3.05, 3.63) is 45.3 Å². The minimum Gasteiger partial charge on any atom is -0.477 e. The van der Waals surface area contributed by atoms with Crippen molar-refractivity contribution in [2.45, 2.75) is 13.5 Å². The number of nitrogens with zero attached hydrogens (tertiary/aromatic N) is 3. The Morgan fingerprint density at radius 3 is 3.00 bits per heavy atom. The van der Waals surface area contributed by atoms with E-state index >= 15 is 0 Å². The molecule has 0 amide bonds. The number of rotatable bonds is 3. The van der Waals surface area contributed by atoms with Gasteiger partial charge in [-0.2, -0.15) is 0 Å². The summed E-state index contributed by atoms with van der Waals surface area (Å²) in [6, 6.07) is 0. The summed E-state index contributed by atoms with van der Waals surface area (Å²) in [4.78, 5) is 34.7. The van der Waals surface area contributed by atoms with Crippen LogP contribution < -0.4 is 5.56 Å². The van der Waals surface area contributed by atoms with Crippen molar-refractivity contribution in [2.24, 2.45) is 0 Å². The third-order valence-corrected chi connectivity index (χ3v) is 4.11. The lowest BCUT2D eigenvalue weighted by molar-refractivity contribution is 0.0701. The standard InChI is InChI=1S/C12H10N4O3S/c1-6-8-10(17)14-7(4-16-3-2-13-5-16)15-11(8)20-9(6)12(18)19/h2-3,5H,4H2,1H3,(H,18,19)(H,14,15,17). The molecule has 3 rings (SSSR count). The van der Waals surface area contributed by atoms with E-state index in [2.05, 4.69) is 15.0 Å². The number of aromatic carboxylic acids is 1. The van der Waals surface area contributed by atoms with Crippen LogP contribution in [0.15, 0.2) is 23.5 Å². The predicted molar refractivity (Wildman–Crippen MR) is 73.3 cm³/mol. The second-order valence-electron chi connectivity index (χ2n) is 4.29. The van der Waals surface area contributed by atoms with Crippen LogP contribution in [0.1, 0.15) is 21.1 Å². The van der Waals surface area contributed by atoms with Crippen LogP contribution in [0.25, 0.3) is 10.2 Å². The van der Waals surface area contributed by atoms with Gasteiger partial charge in [0.15, 0.2) is 0 Å². The molecule has 0 saturated carbocycles. The Morgan fingerprint density at radius 2 is 2.35 bits per heavy atom. The van der Waals surface area contributed by atoms with E-state index < -0.39 is 5.97 Å². The monoisotopic (exact) mass is 290 g/mol. The molecule has 3 aromatic heterocycles. The van der Waals surface area contributed by atoms with Crippen LogP contribution in [-0.4, -0.2) is 30.6 Å². The fraction of sp³-hybridized carbons (Fsp3) is 0.167. The van der Waals surface area contributed by atoms with Crippen molar-refractivity contribution < 1.29 is 9.90 Å². The number of thiophene rings is 1. The average Bonchev–Trinajstić information content (AvgIpc) is 2.97. The summed E-state index contributed by atoms with van der Waals surface area (Å²) in [5, 5.41) is 9.44. The summed E-state index contributed by atoms with van der Waals surface area (Å²) >= 11 is 1.02. The Morgan fingerprint density at radius 1 is 1.55 bits per heavy atom. The third-order valence-electron chi connectivity index (χ3n) is 2.94. The number of carboxylic acids is 1. The number of hydrogen-bond acceptors (Lipinski definition) is 5. The number of carbonyl (C=O) groups is 1. The molecule has 0 saturated heterocycles. The SMILES string of the molecule is Cc1c(C(=O)O)sc2nc(Cn3ccnc3)[nH]c(=O)c12. The number of H-pyrrole nitrogens is 1. The maximum absolute atomic E-state index is 12.1. The quantitative estimate of drug-likeness (QED) is 0.755. The molecule has 3 aromatic rings. The first-order chi connectivity index (χ1) is 9.56. The lowest BCUT2D eigenvalue weighted by Gasteiger charge is -2.01. The molecule has 20 heavy (non-hydrogen) atoms. The zero-order valence-corrected chi connectivity index (χ0v) is 11.3. The lowest BCUT2D eigenvalue weighted by Crippen LogP contribution is -2.13. The Balaban J connectivity index is 2.14. The second kappa shape index (κ2) is 4.57. The highest BCUT2D eigenvalue weighted by Crippen LogP contribution is 2.26. The van der Waals surface area contributed by atoms with Crippen molar-refractivity contribution in [3.8, 4) is 0 Å². The Bertz CT molecular complexity index is 848. The van der Waals surface area contributed by atoms with Gasteiger partial charge in [-0.05, 0) is 12.5 Å². The van der Waals surface area contributed by atoms with E-state index in [1.807, 2.05) is 0 Å². The smallest absolute Gasteiger partial charge is 0.346 e. The molecular formula is C12H10N4O3S. The minimum atomic E-state index is -1.04. The average molecular weight is 290 g/mol. The maximum atomic E-state index is 12.1. The number of aromatic nitrogens is 4. The van der Waals surface area contributed by atoms with Gasteiger partial charge in [-0.15, -0.1) is 11.3 Å². The van der Waals surface area contributed by atoms with Gasteiger partial charge in [-0.1, -0.05) is 0 Å². The van der Waals surface area contributed by atoms with E-state index in [9.17, 15) is 9.59 Å². The van der Waals surface area contributed by atoms with Crippen LogP contribution in [0.2, 0.25) is 0 Å². The first-order valence-corrected chi connectivity index (χ1v) is 6.59. The number of aromatic amines is 1. The zero-order valence-electron chi connectivity index (χ0n) is 10.5. The highest BCUT2D eigenvalue weighted by atomic mass is 32.1. The molecule has 3 heterocycles. The first-order valence-electron chi connectivity index (χ1n) is 5.77. The molecule has 102 valence electrons. The summed E-state index contributed by atoms with van der Waals surface area (Å²) in [7, 11) is 0. The van der Waals surface area contributed by atoms with Crippen molar-refractivity contribution >= 4 is 27.5 Å². The molecule has 0 aliphatic rings. The molecule has 0 atom stereocenters. The molecule has 0 radical (unpaired) electrons. The van der Waals surface area contributed by atoms with E-state index in [1.165, 1.54) is 0 Å². The van der Waals surface area contributed by atoms with E-state index in [-0.39, 0.29) is 10.4 Å². The van der Waals surface area contributed by atoms with Gasteiger partial charge in [0.25, 0.3) is 5.56 Å². The van der Waals surface area contributed by atoms with Crippen LogP contribution in [0.4, 0.5) is 0 Å². The summed E-state index contributed by atoms with van der Waals surface area (Å²) in [6.07, 6.45) is 5.01. The fourth-order valence-electron chi connectivity index (χ4n) is 2.02. The van der Waals surface area contributed by atoms with Gasteiger partial charge in [-0.25, -0.2) is 14.8 Å². The molecule has 0 spiro atoms. The summed E-state index contributed by atoms with van der Waals surface area (Å²) < 4.78 is 1.77. The van der Waals surface area contributed by atoms with E-state index in [1.54, 1.807) is 30.2 Å². The van der Waals surface area contributed by atoms with Gasteiger partial charge in [0.2, 0.25) is 0 Å². The van der Waals surface area contributed by atoms with Crippen LogP contribution in [0, 0.1) is 6.92 Å². The molecule has 0 unspecified atom stereocenters. The zero-order chi connectivity index (χ0) is 14.3. The number of hydrogen-bond donors (Lipinski definition) is 2. The molecule has 2 N–H and O–H groups in total. The van der Waals surface area contributed by atoms with Gasteiger partial charge in [-0.3, -0.25) is 4.79 Å². The summed E-state index contributed by atoms with van der Waals surface area (Å²) in [5.74, 6) is -0.570. The van der Waals surface area contributed by atoms with E-state index in [0.717, 1.165) is 11.3 Å². The normalized spacial score (nSPS) is 11.1. The van der Waals surface area contributed by atoms with Gasteiger partial charge in [0, 0.05) is 12.4 Å². The molecule has 0 fully saturated rings. The molecule has 0 bridgehead atoms. The summed E-state index contributed by atoms with van der Waals surface area (Å²) in [6.45, 7) is 2.00. The largest absolute Gasteiger partial charge is 0.477 e. The third kappa shape index (κ3) is 1.99. The number of imidazole rings is 1. The molecule has 0 aromatic carbocycles. The maximum Gasteiger partial charge on any atom is 0.346 e. The van der Waals surface area contributed by atoms with Crippen LogP contribution in [-0.2, 0) is 6.54 Å². The summed E-state index contributed by atoms with van der Waals surface area (Å²) in [5.41, 5.74) is 0.145. The van der Waals surface area contributed by atoms with Crippen LogP contribution in [0.5, 0.6) is 0 Å². The number of nitrogens with one attached hydrogen (secondary N) is 1. The molecule has 8 heteroatoms. The Kier molecular flexibility index (Phi) is 2.87. The number of carboxylic acid groups (broad SMARTS) is 1. The second-order valence-corrected chi connectivity index (χ2v) is 5.29. The van der Waals surface area contributed by atoms with Gasteiger partial charge in [0.1, 0.15) is 15.5 Å². The van der Waals surface area contributed by atoms with E-state index in [4.69, 9.17) is 5.11 Å². The van der Waals surface area contributed by atoms with Gasteiger partial charge in [0.05, 0.1) is 18.3 Å². The van der Waals surface area contributed by atoms with Crippen molar-refractivity contribution in [3.63, 3.8) is 0 Å². The lowest BCUT2D eigenvalue weighted by atomic mass is 10.2. The molecule has 7 nitrogen and oxygen atoms in total. The highest BCUT2D eigenvalue weighted by molar-refractivity contribution is 7.20. The van der Waals surface area contributed by atoms with Crippen molar-refractivity contribution in [1.29, 1.82) is 0 Å². The van der Waals surface area contributed by atoms with Gasteiger partial charge >= 0.3 is 5.97 Å². The number of aryl methyl sites for hydroxylation is 1.